The molecule has 1 aliphatic heterocycles. The van der Waals surface area contributed by atoms with Gasteiger partial charge in [-0.25, -0.2) is 4.98 Å². The van der Waals surface area contributed by atoms with Gasteiger partial charge in [-0.05, 0) is 55.5 Å². The maximum absolute atomic E-state index is 5.06. The maximum Gasteiger partial charge on any atom is 0.0712 e. The molecule has 29 heavy (non-hydrogen) atoms. The quantitative estimate of drug-likeness (QED) is 0.479. The highest BCUT2D eigenvalue weighted by atomic mass is 16.5. The number of para-hydroxylation sites is 2. The van der Waals surface area contributed by atoms with E-state index in [4.69, 9.17) is 9.72 Å². The van der Waals surface area contributed by atoms with Crippen molar-refractivity contribution in [1.82, 2.24) is 9.88 Å². The van der Waals surface area contributed by atoms with Gasteiger partial charge in [0.05, 0.1) is 17.6 Å². The van der Waals surface area contributed by atoms with E-state index in [1.54, 1.807) is 7.11 Å². The van der Waals surface area contributed by atoms with Crippen LogP contribution in [0.15, 0.2) is 48.5 Å². The van der Waals surface area contributed by atoms with Crippen LogP contribution in [0.1, 0.15) is 51.5 Å². The predicted octanol–water partition coefficient (Wildman–Crippen LogP) is 6.27. The van der Waals surface area contributed by atoms with E-state index in [2.05, 4.69) is 62.1 Å². The van der Waals surface area contributed by atoms with Crippen LogP contribution in [0.25, 0.3) is 21.8 Å². The first kappa shape index (κ1) is 21.7. The van der Waals surface area contributed by atoms with Crippen molar-refractivity contribution >= 4 is 21.8 Å². The molecule has 156 valence electrons. The molecule has 1 aromatic heterocycles. The molecule has 1 fully saturated rings. The molecule has 3 nitrogen and oxygen atoms in total. The summed E-state index contributed by atoms with van der Waals surface area (Å²) in [6, 6.07) is 16.8. The number of benzene rings is 2. The number of ether oxygens (including phenoxy) is 1. The number of rotatable bonds is 5. The summed E-state index contributed by atoms with van der Waals surface area (Å²) in [5.74, 6) is 1.50. The summed E-state index contributed by atoms with van der Waals surface area (Å²) in [7, 11) is 1.78. The van der Waals surface area contributed by atoms with Crippen molar-refractivity contribution in [2.24, 2.45) is 5.92 Å². The molecule has 0 atom stereocenters. The number of methoxy groups -OCH3 is 1. The van der Waals surface area contributed by atoms with E-state index in [0.717, 1.165) is 30.1 Å². The van der Waals surface area contributed by atoms with Crippen molar-refractivity contribution in [2.45, 2.75) is 46.0 Å². The fourth-order valence-electron chi connectivity index (χ4n) is 4.33. The molecule has 0 bridgehead atoms. The summed E-state index contributed by atoms with van der Waals surface area (Å²) in [6.07, 6.45) is 4.14. The monoisotopic (exact) mass is 392 g/mol. The fourth-order valence-corrected chi connectivity index (χ4v) is 4.33. The van der Waals surface area contributed by atoms with Crippen molar-refractivity contribution in [3.8, 4) is 0 Å². The van der Waals surface area contributed by atoms with Crippen LogP contribution in [0.4, 0.5) is 0 Å². The molecule has 4 rings (SSSR count). The van der Waals surface area contributed by atoms with Gasteiger partial charge in [-0.3, -0.25) is 0 Å². The zero-order chi connectivity index (χ0) is 20.6. The summed E-state index contributed by atoms with van der Waals surface area (Å²) >= 11 is 0. The lowest BCUT2D eigenvalue weighted by Crippen LogP contribution is -2.35. The Labute approximate surface area is 176 Å². The molecular weight excluding hydrogens is 356 g/mol. The van der Waals surface area contributed by atoms with Crippen LogP contribution in [-0.2, 0) is 4.74 Å². The van der Waals surface area contributed by atoms with Gasteiger partial charge in [0.2, 0.25) is 0 Å². The normalized spacial score (nSPS) is 15.6. The number of hydrogen-bond acceptors (Lipinski definition) is 3. The zero-order valence-electron chi connectivity index (χ0n) is 18.5. The second-order valence-corrected chi connectivity index (χ2v) is 8.40. The van der Waals surface area contributed by atoms with Crippen LogP contribution in [0.2, 0.25) is 0 Å². The summed E-state index contributed by atoms with van der Waals surface area (Å²) in [6.45, 7) is 11.4. The van der Waals surface area contributed by atoms with Crippen molar-refractivity contribution < 1.29 is 4.74 Å². The van der Waals surface area contributed by atoms with E-state index in [1.165, 1.54) is 48.7 Å². The largest absolute Gasteiger partial charge is 0.383 e. The second-order valence-electron chi connectivity index (χ2n) is 8.40. The lowest BCUT2D eigenvalue weighted by molar-refractivity contribution is 0.119. The highest BCUT2D eigenvalue weighted by molar-refractivity contribution is 5.97. The van der Waals surface area contributed by atoms with Gasteiger partial charge >= 0.3 is 0 Å². The van der Waals surface area contributed by atoms with Gasteiger partial charge < -0.3 is 9.64 Å². The molecule has 0 aliphatic carbocycles. The minimum atomic E-state index is 0.507. The van der Waals surface area contributed by atoms with Crippen LogP contribution in [0.3, 0.4) is 0 Å². The summed E-state index contributed by atoms with van der Waals surface area (Å²) in [5.41, 5.74) is 3.59. The van der Waals surface area contributed by atoms with E-state index < -0.39 is 0 Å². The maximum atomic E-state index is 5.06. The molecule has 0 N–H and O–H groups in total. The Morgan fingerprint density at radius 1 is 0.966 bits per heavy atom. The number of fused-ring (bicyclic) bond motifs is 2. The average Bonchev–Trinajstić information content (AvgIpc) is 2.76. The van der Waals surface area contributed by atoms with Gasteiger partial charge in [0.1, 0.15) is 0 Å². The average molecular weight is 393 g/mol. The number of hydrogen-bond donors (Lipinski definition) is 0. The Bertz CT molecular complexity index is 843. The third kappa shape index (κ3) is 5.55. The van der Waals surface area contributed by atoms with Gasteiger partial charge in [-0.2, -0.15) is 0 Å². The highest BCUT2D eigenvalue weighted by Crippen LogP contribution is 2.31. The van der Waals surface area contributed by atoms with Crippen molar-refractivity contribution in [3.63, 3.8) is 0 Å². The van der Waals surface area contributed by atoms with E-state index in [1.807, 2.05) is 12.1 Å². The van der Waals surface area contributed by atoms with Crippen molar-refractivity contribution in [2.75, 3.05) is 33.4 Å². The lowest BCUT2D eigenvalue weighted by atomic mass is 9.94. The van der Waals surface area contributed by atoms with Gasteiger partial charge in [-0.1, -0.05) is 63.6 Å². The number of likely N-dealkylation sites (tertiary alicyclic amines) is 1. The smallest absolute Gasteiger partial charge is 0.0712 e. The van der Waals surface area contributed by atoms with Crippen molar-refractivity contribution in [3.05, 3.63) is 54.1 Å². The molecule has 2 aromatic carbocycles. The molecule has 3 aromatic rings. The van der Waals surface area contributed by atoms with Gasteiger partial charge in [0.15, 0.2) is 0 Å². The summed E-state index contributed by atoms with van der Waals surface area (Å²) < 4.78 is 5.06. The van der Waals surface area contributed by atoms with Crippen LogP contribution in [0.5, 0.6) is 0 Å². The fraction of sp³-hybridized carbons (Fsp3) is 0.500. The number of aromatic nitrogens is 1. The summed E-state index contributed by atoms with van der Waals surface area (Å²) in [4.78, 5) is 7.23. The van der Waals surface area contributed by atoms with Crippen LogP contribution in [-0.4, -0.2) is 43.2 Å². The summed E-state index contributed by atoms with van der Waals surface area (Å²) in [5, 5.41) is 2.56. The molecule has 1 aliphatic rings. The number of pyridine rings is 1. The molecule has 2 heterocycles. The molecule has 0 unspecified atom stereocenters. The molecule has 0 amide bonds. The first-order valence-electron chi connectivity index (χ1n) is 11.1. The van der Waals surface area contributed by atoms with Gasteiger partial charge in [0, 0.05) is 24.4 Å². The minimum Gasteiger partial charge on any atom is -0.383 e. The third-order valence-corrected chi connectivity index (χ3v) is 6.10. The first-order chi connectivity index (χ1) is 14.1. The second kappa shape index (κ2) is 10.7. The lowest BCUT2D eigenvalue weighted by Gasteiger charge is -2.31. The van der Waals surface area contributed by atoms with Crippen LogP contribution < -0.4 is 0 Å². The Balaban J connectivity index is 0.000000177. The standard InChI is InChI=1S/C16H15N.C10H21NO/c1-11(2)16-12-7-3-5-9-14(12)17-15-10-6-4-8-13(15)16;1-3-10-4-6-11(7-5-10)8-9-12-2/h3-11H,1-2H3;10H,3-9H2,1-2H3. The Kier molecular flexibility index (Phi) is 8.02. The predicted molar refractivity (Wildman–Crippen MR) is 125 cm³/mol. The Morgan fingerprint density at radius 3 is 2.00 bits per heavy atom. The van der Waals surface area contributed by atoms with E-state index >= 15 is 0 Å². The number of piperidine rings is 1. The van der Waals surface area contributed by atoms with Crippen LogP contribution in [0, 0.1) is 5.92 Å². The minimum absolute atomic E-state index is 0.507. The first-order valence-corrected chi connectivity index (χ1v) is 11.1. The third-order valence-electron chi connectivity index (χ3n) is 6.10. The topological polar surface area (TPSA) is 25.4 Å². The zero-order valence-corrected chi connectivity index (χ0v) is 18.5. The van der Waals surface area contributed by atoms with Crippen molar-refractivity contribution in [1.29, 1.82) is 0 Å². The Hall–Kier alpha value is -1.97. The Morgan fingerprint density at radius 2 is 1.52 bits per heavy atom. The van der Waals surface area contributed by atoms with E-state index in [9.17, 15) is 0 Å². The van der Waals surface area contributed by atoms with Gasteiger partial charge in [-0.15, -0.1) is 0 Å². The molecule has 1 saturated heterocycles. The molecule has 0 spiro atoms. The molecule has 3 heteroatoms. The van der Waals surface area contributed by atoms with E-state index in [-0.39, 0.29) is 0 Å². The van der Waals surface area contributed by atoms with Gasteiger partial charge in [0.25, 0.3) is 0 Å². The van der Waals surface area contributed by atoms with E-state index in [0.29, 0.717) is 5.92 Å². The number of nitrogens with zero attached hydrogens (tertiary/aromatic N) is 2. The molecule has 0 saturated carbocycles. The molecule has 0 radical (unpaired) electrons. The SMILES string of the molecule is CC(C)c1c2ccccc2nc2ccccc12.CCC1CCN(CCOC)CC1. The van der Waals surface area contributed by atoms with Crippen LogP contribution >= 0.6 is 0 Å². The highest BCUT2D eigenvalue weighted by Gasteiger charge is 2.16. The molecular formula is C26H36N2O.